The monoisotopic (exact) mass is 451 g/mol. The van der Waals surface area contributed by atoms with Crippen LogP contribution in [0.2, 0.25) is 0 Å². The van der Waals surface area contributed by atoms with E-state index >= 15 is 0 Å². The Morgan fingerprint density at radius 3 is 1.74 bits per heavy atom. The van der Waals surface area contributed by atoms with Crippen molar-refractivity contribution >= 4 is 5.91 Å². The van der Waals surface area contributed by atoms with Crippen LogP contribution in [-0.2, 0) is 5.60 Å². The quantitative estimate of drug-likeness (QED) is 0.378. The minimum Gasteiger partial charge on any atom is -0.497 e. The molecule has 172 valence electrons. The minimum atomic E-state index is -1.51. The molecular formula is C30H29NO3. The summed E-state index contributed by atoms with van der Waals surface area (Å²) in [6, 6.07) is 31.4. The maximum Gasteiger partial charge on any atom is 0.251 e. The number of nitrogens with one attached hydrogen (secondary N) is 1. The standard InChI is InChI=1S/C30H29NO3/c1-21-9-15-25(16-10-21)30(33,26-17-11-22(2)12-18-26)28(23-7-5-4-6-8-23)31-29(32)24-13-19-27(34-3)20-14-24/h4-20,28,33H,1-3H3,(H,31,32)/t28-/m0/s1. The van der Waals surface area contributed by atoms with Crippen LogP contribution in [-0.4, -0.2) is 18.1 Å². The average Bonchev–Trinajstić information content (AvgIpc) is 2.88. The Kier molecular flexibility index (Phi) is 6.80. The van der Waals surface area contributed by atoms with Gasteiger partial charge in [0.05, 0.1) is 13.2 Å². The predicted octanol–water partition coefficient (Wildman–Crippen LogP) is 5.72. The van der Waals surface area contributed by atoms with Gasteiger partial charge in [0, 0.05) is 5.56 Å². The van der Waals surface area contributed by atoms with E-state index in [0.29, 0.717) is 22.4 Å². The first-order chi connectivity index (χ1) is 16.4. The molecule has 2 N–H and O–H groups in total. The molecule has 0 bridgehead atoms. The van der Waals surface area contributed by atoms with Gasteiger partial charge in [0.15, 0.2) is 0 Å². The normalized spacial score (nSPS) is 12.1. The first-order valence-electron chi connectivity index (χ1n) is 11.3. The zero-order valence-electron chi connectivity index (χ0n) is 19.7. The Labute approximate surface area is 200 Å². The summed E-state index contributed by atoms with van der Waals surface area (Å²) in [5, 5.41) is 15.6. The van der Waals surface area contributed by atoms with Crippen LogP contribution in [0, 0.1) is 13.8 Å². The van der Waals surface area contributed by atoms with E-state index in [1.165, 1.54) is 0 Å². The topological polar surface area (TPSA) is 58.6 Å². The van der Waals surface area contributed by atoms with E-state index in [2.05, 4.69) is 5.32 Å². The lowest BCUT2D eigenvalue weighted by molar-refractivity contribution is 0.0337. The van der Waals surface area contributed by atoms with Gasteiger partial charge in [-0.2, -0.15) is 0 Å². The maximum absolute atomic E-state index is 13.4. The molecule has 0 unspecified atom stereocenters. The van der Waals surface area contributed by atoms with Gasteiger partial charge in [-0.1, -0.05) is 90.0 Å². The number of benzene rings is 4. The number of carbonyl (C=O) groups excluding carboxylic acids is 1. The summed E-state index contributed by atoms with van der Waals surface area (Å²) < 4.78 is 5.22. The summed E-state index contributed by atoms with van der Waals surface area (Å²) in [6.45, 7) is 4.02. The lowest BCUT2D eigenvalue weighted by Gasteiger charge is -2.38. The van der Waals surface area contributed by atoms with E-state index < -0.39 is 11.6 Å². The Hall–Kier alpha value is -3.89. The third-order valence-corrected chi connectivity index (χ3v) is 6.16. The van der Waals surface area contributed by atoms with Crippen LogP contribution in [0.15, 0.2) is 103 Å². The van der Waals surface area contributed by atoms with Crippen molar-refractivity contribution < 1.29 is 14.6 Å². The van der Waals surface area contributed by atoms with E-state index in [0.717, 1.165) is 16.7 Å². The highest BCUT2D eigenvalue weighted by Gasteiger charge is 2.42. The summed E-state index contributed by atoms with van der Waals surface area (Å²) in [7, 11) is 1.59. The van der Waals surface area contributed by atoms with Crippen LogP contribution >= 0.6 is 0 Å². The molecule has 0 spiro atoms. The molecule has 0 saturated carbocycles. The van der Waals surface area contributed by atoms with Gasteiger partial charge in [0.2, 0.25) is 0 Å². The molecule has 4 rings (SSSR count). The molecule has 0 aliphatic heterocycles. The molecule has 0 aliphatic rings. The Morgan fingerprint density at radius 2 is 1.26 bits per heavy atom. The molecule has 0 saturated heterocycles. The number of carbonyl (C=O) groups is 1. The number of amides is 1. The fourth-order valence-corrected chi connectivity index (χ4v) is 4.15. The SMILES string of the molecule is COc1ccc(C(=O)N[C@@H](c2ccccc2)C(O)(c2ccc(C)cc2)c2ccc(C)cc2)cc1. The van der Waals surface area contributed by atoms with Crippen molar-refractivity contribution in [3.63, 3.8) is 0 Å². The third kappa shape index (κ3) is 4.73. The molecule has 0 fully saturated rings. The van der Waals surface area contributed by atoms with Gasteiger partial charge in [-0.15, -0.1) is 0 Å². The van der Waals surface area contributed by atoms with E-state index in [1.54, 1.807) is 31.4 Å². The summed E-state index contributed by atoms with van der Waals surface area (Å²) >= 11 is 0. The summed E-state index contributed by atoms with van der Waals surface area (Å²) in [6.07, 6.45) is 0. The molecule has 4 aromatic carbocycles. The number of aryl methyl sites for hydroxylation is 2. The van der Waals surface area contributed by atoms with Gasteiger partial charge >= 0.3 is 0 Å². The smallest absolute Gasteiger partial charge is 0.251 e. The molecule has 0 aliphatic carbocycles. The number of rotatable bonds is 7. The van der Waals surface area contributed by atoms with Crippen molar-refractivity contribution in [1.82, 2.24) is 5.32 Å². The Bertz CT molecular complexity index is 1190. The summed E-state index contributed by atoms with van der Waals surface area (Å²) in [4.78, 5) is 13.4. The highest BCUT2D eigenvalue weighted by molar-refractivity contribution is 5.94. The van der Waals surface area contributed by atoms with Crippen LogP contribution in [0.25, 0.3) is 0 Å². The van der Waals surface area contributed by atoms with Gasteiger partial charge < -0.3 is 15.2 Å². The molecule has 4 nitrogen and oxygen atoms in total. The zero-order valence-corrected chi connectivity index (χ0v) is 19.7. The van der Waals surface area contributed by atoms with Gasteiger partial charge in [0.25, 0.3) is 5.91 Å². The van der Waals surface area contributed by atoms with Gasteiger partial charge in [-0.25, -0.2) is 0 Å². The van der Waals surface area contributed by atoms with Crippen molar-refractivity contribution in [2.24, 2.45) is 0 Å². The van der Waals surface area contributed by atoms with Crippen LogP contribution < -0.4 is 10.1 Å². The molecule has 0 radical (unpaired) electrons. The molecule has 34 heavy (non-hydrogen) atoms. The van der Waals surface area contributed by atoms with E-state index in [-0.39, 0.29) is 5.91 Å². The van der Waals surface area contributed by atoms with Crippen LogP contribution in [0.3, 0.4) is 0 Å². The lowest BCUT2D eigenvalue weighted by Crippen LogP contribution is -2.45. The fraction of sp³-hybridized carbons (Fsp3) is 0.167. The number of aliphatic hydroxyl groups is 1. The van der Waals surface area contributed by atoms with Gasteiger partial charge in [0.1, 0.15) is 11.4 Å². The molecule has 1 atom stereocenters. The van der Waals surface area contributed by atoms with Crippen molar-refractivity contribution in [3.05, 3.63) is 137 Å². The Balaban J connectivity index is 1.85. The number of hydrogen-bond donors (Lipinski definition) is 2. The summed E-state index contributed by atoms with van der Waals surface area (Å²) in [5.41, 5.74) is 3.36. The van der Waals surface area contributed by atoms with Crippen molar-refractivity contribution in [3.8, 4) is 5.75 Å². The van der Waals surface area contributed by atoms with E-state index in [9.17, 15) is 9.90 Å². The third-order valence-electron chi connectivity index (χ3n) is 6.16. The molecule has 0 heterocycles. The average molecular weight is 452 g/mol. The maximum atomic E-state index is 13.4. The number of hydrogen-bond acceptors (Lipinski definition) is 3. The summed E-state index contributed by atoms with van der Waals surface area (Å²) in [5.74, 6) is 0.390. The molecular weight excluding hydrogens is 422 g/mol. The number of ether oxygens (including phenoxy) is 1. The molecule has 4 heteroatoms. The van der Waals surface area contributed by atoms with Crippen molar-refractivity contribution in [2.75, 3.05) is 7.11 Å². The molecule has 0 aromatic heterocycles. The van der Waals surface area contributed by atoms with Crippen molar-refractivity contribution in [2.45, 2.75) is 25.5 Å². The zero-order chi connectivity index (χ0) is 24.1. The second-order valence-corrected chi connectivity index (χ2v) is 8.54. The molecule has 4 aromatic rings. The second-order valence-electron chi connectivity index (χ2n) is 8.54. The minimum absolute atomic E-state index is 0.283. The van der Waals surface area contributed by atoms with Crippen LogP contribution in [0.4, 0.5) is 0 Å². The van der Waals surface area contributed by atoms with Gasteiger partial charge in [-0.3, -0.25) is 4.79 Å². The van der Waals surface area contributed by atoms with E-state index in [4.69, 9.17) is 4.74 Å². The Morgan fingerprint density at radius 1 is 0.765 bits per heavy atom. The highest BCUT2D eigenvalue weighted by atomic mass is 16.5. The van der Waals surface area contributed by atoms with Crippen molar-refractivity contribution in [1.29, 1.82) is 0 Å². The lowest BCUT2D eigenvalue weighted by atomic mass is 9.76. The molecule has 1 amide bonds. The highest BCUT2D eigenvalue weighted by Crippen LogP contribution is 2.41. The van der Waals surface area contributed by atoms with Gasteiger partial charge in [-0.05, 0) is 54.8 Å². The fourth-order valence-electron chi connectivity index (χ4n) is 4.15. The number of methoxy groups -OCH3 is 1. The first kappa shape index (κ1) is 23.3. The van der Waals surface area contributed by atoms with Crippen LogP contribution in [0.5, 0.6) is 5.75 Å². The first-order valence-corrected chi connectivity index (χ1v) is 11.3. The van der Waals surface area contributed by atoms with Crippen LogP contribution in [0.1, 0.15) is 44.2 Å². The predicted molar refractivity (Wildman–Crippen MR) is 135 cm³/mol. The largest absolute Gasteiger partial charge is 0.497 e. The van der Waals surface area contributed by atoms with E-state index in [1.807, 2.05) is 92.7 Å². The second kappa shape index (κ2) is 9.94.